The molecule has 238 valence electrons. The van der Waals surface area contributed by atoms with E-state index < -0.39 is 84.9 Å². The Morgan fingerprint density at radius 1 is 0.614 bits per heavy atom. The molecule has 0 bridgehead atoms. The zero-order valence-corrected chi connectivity index (χ0v) is 24.4. The van der Waals surface area contributed by atoms with Gasteiger partial charge in [-0.2, -0.15) is 0 Å². The number of esters is 4. The van der Waals surface area contributed by atoms with Gasteiger partial charge in [-0.15, -0.1) is 0 Å². The van der Waals surface area contributed by atoms with Gasteiger partial charge >= 0.3 is 23.9 Å². The highest BCUT2D eigenvalue weighted by atomic mass is 16.6. The number of rotatable bonds is 6. The largest absolute Gasteiger partial charge is 0.463 e. The SMILES string of the molecule is CC(=O)OC[C@H]1O[C@H](C#Cc2ccc(C#C[C@H]3O[C@H](COC(C)=O)[C@@H](OC(C)=O)[C@H](O)[C@@H]3O)cc2)[C@@H](O)[C@@H](O)[C@@H]1OC(C)=O. The summed E-state index contributed by atoms with van der Waals surface area (Å²) in [6.07, 6.45) is -13.3. The maximum atomic E-state index is 11.5. The summed E-state index contributed by atoms with van der Waals surface area (Å²) in [6, 6.07) is 6.42. The zero-order valence-electron chi connectivity index (χ0n) is 24.4. The summed E-state index contributed by atoms with van der Waals surface area (Å²) in [7, 11) is 0. The van der Waals surface area contributed by atoms with E-state index in [-0.39, 0.29) is 13.2 Å². The molecule has 2 aliphatic heterocycles. The minimum atomic E-state index is -1.56. The van der Waals surface area contributed by atoms with Crippen molar-refractivity contribution in [3.63, 3.8) is 0 Å². The molecule has 0 unspecified atom stereocenters. The van der Waals surface area contributed by atoms with E-state index in [0.717, 1.165) is 13.8 Å². The van der Waals surface area contributed by atoms with Crippen molar-refractivity contribution in [2.24, 2.45) is 0 Å². The third-order valence-electron chi connectivity index (χ3n) is 6.48. The van der Waals surface area contributed by atoms with Crippen molar-refractivity contribution in [2.45, 2.75) is 88.7 Å². The number of ether oxygens (including phenoxy) is 6. The van der Waals surface area contributed by atoms with Crippen LogP contribution in [0.3, 0.4) is 0 Å². The van der Waals surface area contributed by atoms with E-state index in [9.17, 15) is 39.6 Å². The fraction of sp³-hybridized carbons (Fsp3) is 0.533. The van der Waals surface area contributed by atoms with E-state index in [0.29, 0.717) is 11.1 Å². The normalized spacial score (nSPS) is 31.2. The van der Waals surface area contributed by atoms with Gasteiger partial charge in [0, 0.05) is 38.8 Å². The molecular formula is C30H34O14. The van der Waals surface area contributed by atoms with Gasteiger partial charge in [0.1, 0.15) is 62.0 Å². The Bertz CT molecular complexity index is 1220. The monoisotopic (exact) mass is 618 g/mol. The molecule has 1 aromatic carbocycles. The summed E-state index contributed by atoms with van der Waals surface area (Å²) in [5.74, 6) is 8.37. The number of carbonyl (C=O) groups is 4. The average molecular weight is 619 g/mol. The van der Waals surface area contributed by atoms with Gasteiger partial charge < -0.3 is 48.8 Å². The van der Waals surface area contributed by atoms with Crippen LogP contribution >= 0.6 is 0 Å². The molecule has 0 radical (unpaired) electrons. The number of benzene rings is 1. The van der Waals surface area contributed by atoms with Crippen LogP contribution in [0.1, 0.15) is 38.8 Å². The molecule has 2 heterocycles. The third kappa shape index (κ3) is 9.49. The minimum absolute atomic E-state index is 0.339. The molecule has 0 amide bonds. The summed E-state index contributed by atoms with van der Waals surface area (Å²) in [4.78, 5) is 45.5. The van der Waals surface area contributed by atoms with E-state index in [4.69, 9.17) is 28.4 Å². The lowest BCUT2D eigenvalue weighted by Crippen LogP contribution is -2.59. The van der Waals surface area contributed by atoms with Crippen molar-refractivity contribution >= 4 is 23.9 Å². The van der Waals surface area contributed by atoms with Gasteiger partial charge in [0.15, 0.2) is 12.2 Å². The average Bonchev–Trinajstić information content (AvgIpc) is 2.96. The van der Waals surface area contributed by atoms with Crippen molar-refractivity contribution in [2.75, 3.05) is 13.2 Å². The molecule has 0 spiro atoms. The fourth-order valence-corrected chi connectivity index (χ4v) is 4.41. The first-order valence-corrected chi connectivity index (χ1v) is 13.5. The van der Waals surface area contributed by atoms with Crippen LogP contribution in [0.5, 0.6) is 0 Å². The van der Waals surface area contributed by atoms with Gasteiger partial charge in [-0.05, 0) is 24.3 Å². The molecule has 0 aromatic heterocycles. The Morgan fingerprint density at radius 3 is 1.25 bits per heavy atom. The van der Waals surface area contributed by atoms with Gasteiger partial charge in [-0.1, -0.05) is 23.7 Å². The molecule has 10 atom stereocenters. The van der Waals surface area contributed by atoms with Gasteiger partial charge in [0.2, 0.25) is 0 Å². The van der Waals surface area contributed by atoms with Crippen molar-refractivity contribution in [3.8, 4) is 23.7 Å². The number of aliphatic hydroxyl groups excluding tert-OH is 4. The van der Waals surface area contributed by atoms with Crippen LogP contribution in [0.25, 0.3) is 0 Å². The molecule has 4 N–H and O–H groups in total. The van der Waals surface area contributed by atoms with E-state index in [1.54, 1.807) is 24.3 Å². The van der Waals surface area contributed by atoms with Gasteiger partial charge in [0.05, 0.1) is 0 Å². The second-order valence-corrected chi connectivity index (χ2v) is 10.0. The number of hydrogen-bond acceptors (Lipinski definition) is 14. The van der Waals surface area contributed by atoms with Gasteiger partial charge in [0.25, 0.3) is 0 Å². The molecule has 3 rings (SSSR count). The molecule has 14 nitrogen and oxygen atoms in total. The highest BCUT2D eigenvalue weighted by Crippen LogP contribution is 2.25. The molecule has 2 saturated heterocycles. The smallest absolute Gasteiger partial charge is 0.303 e. The lowest BCUT2D eigenvalue weighted by molar-refractivity contribution is -0.229. The second-order valence-electron chi connectivity index (χ2n) is 10.0. The highest BCUT2D eigenvalue weighted by Gasteiger charge is 2.47. The summed E-state index contributed by atoms with van der Waals surface area (Å²) in [5.41, 5.74) is 0.962. The molecule has 1 aromatic rings. The lowest BCUT2D eigenvalue weighted by Gasteiger charge is -2.40. The number of hydrogen-bond donors (Lipinski definition) is 4. The van der Waals surface area contributed by atoms with Crippen LogP contribution in [-0.2, 0) is 47.6 Å². The predicted octanol–water partition coefficient (Wildman–Crippen LogP) is -1.64. The topological polar surface area (TPSA) is 205 Å². The van der Waals surface area contributed by atoms with E-state index >= 15 is 0 Å². The second kappa shape index (κ2) is 15.6. The molecular weight excluding hydrogens is 584 g/mol. The number of carbonyl (C=O) groups excluding carboxylic acids is 4. The van der Waals surface area contributed by atoms with Crippen LogP contribution in [0.15, 0.2) is 24.3 Å². The van der Waals surface area contributed by atoms with Crippen molar-refractivity contribution in [3.05, 3.63) is 35.4 Å². The van der Waals surface area contributed by atoms with E-state index in [2.05, 4.69) is 23.7 Å². The molecule has 44 heavy (non-hydrogen) atoms. The summed E-state index contributed by atoms with van der Waals surface area (Å²) in [6.45, 7) is 3.93. The molecule has 2 aliphatic rings. The number of aliphatic hydroxyl groups is 4. The maximum Gasteiger partial charge on any atom is 0.303 e. The fourth-order valence-electron chi connectivity index (χ4n) is 4.41. The zero-order chi connectivity index (χ0) is 32.6. The molecule has 0 aliphatic carbocycles. The Kier molecular flexibility index (Phi) is 12.2. The first-order chi connectivity index (χ1) is 20.8. The summed E-state index contributed by atoms with van der Waals surface area (Å²) in [5, 5.41) is 42.1. The van der Waals surface area contributed by atoms with E-state index in [1.807, 2.05) is 0 Å². The Balaban J connectivity index is 1.71. The van der Waals surface area contributed by atoms with Crippen LogP contribution in [0.4, 0.5) is 0 Å². The maximum absolute atomic E-state index is 11.5. The van der Waals surface area contributed by atoms with Crippen LogP contribution in [-0.4, -0.2) is 119 Å². The quantitative estimate of drug-likeness (QED) is 0.160. The molecule has 14 heteroatoms. The van der Waals surface area contributed by atoms with Gasteiger partial charge in [-0.25, -0.2) is 0 Å². The third-order valence-corrected chi connectivity index (χ3v) is 6.48. The van der Waals surface area contributed by atoms with Crippen molar-refractivity contribution in [1.29, 1.82) is 0 Å². The molecule has 2 fully saturated rings. The summed E-state index contributed by atoms with van der Waals surface area (Å²) >= 11 is 0. The first-order valence-electron chi connectivity index (χ1n) is 13.5. The summed E-state index contributed by atoms with van der Waals surface area (Å²) < 4.78 is 31.4. The minimum Gasteiger partial charge on any atom is -0.463 e. The first kappa shape index (κ1) is 34.5. The Morgan fingerprint density at radius 2 is 0.955 bits per heavy atom. The predicted molar refractivity (Wildman–Crippen MR) is 146 cm³/mol. The highest BCUT2D eigenvalue weighted by molar-refractivity contribution is 5.67. The standard InChI is InChI=1S/C30H34O14/c1-15(31)39-13-23-29(41-17(3)33)27(37)25(35)21(43-23)11-9-19-5-7-20(8-6-19)10-12-22-26(36)28(38)30(42-18(4)34)24(44-22)14-40-16(2)32/h5-8,21-30,35-38H,13-14H2,1-4H3/t21-,22-,23-,24-,25-,26-,27-,28-,29-,30-/m1/s1. The molecule has 0 saturated carbocycles. The van der Waals surface area contributed by atoms with Crippen LogP contribution < -0.4 is 0 Å². The van der Waals surface area contributed by atoms with Gasteiger partial charge in [-0.3, -0.25) is 19.2 Å². The van der Waals surface area contributed by atoms with Crippen LogP contribution in [0.2, 0.25) is 0 Å². The van der Waals surface area contributed by atoms with Crippen LogP contribution in [0, 0.1) is 23.7 Å². The van der Waals surface area contributed by atoms with Crippen molar-refractivity contribution in [1.82, 2.24) is 0 Å². The van der Waals surface area contributed by atoms with E-state index in [1.165, 1.54) is 13.8 Å². The van der Waals surface area contributed by atoms with Crippen molar-refractivity contribution < 1.29 is 68.0 Å². The Labute approximate surface area is 253 Å². The Hall–Kier alpha value is -4.02. The lowest BCUT2D eigenvalue weighted by atomic mass is 9.94.